The Balaban J connectivity index is 2.28. The molecule has 0 fully saturated rings. The summed E-state index contributed by atoms with van der Waals surface area (Å²) in [5, 5.41) is 0. The van der Waals surface area contributed by atoms with Gasteiger partial charge < -0.3 is 4.98 Å². The van der Waals surface area contributed by atoms with Crippen molar-refractivity contribution in [3.8, 4) is 0 Å². The average Bonchev–Trinajstić information content (AvgIpc) is 2.56. The van der Waals surface area contributed by atoms with Gasteiger partial charge in [0.2, 0.25) is 10.0 Å². The summed E-state index contributed by atoms with van der Waals surface area (Å²) in [6.07, 6.45) is 3.82. The van der Waals surface area contributed by atoms with E-state index < -0.39 is 10.0 Å². The summed E-state index contributed by atoms with van der Waals surface area (Å²) >= 11 is 5.33. The molecular formula is C7H12ClN3O2S. The van der Waals surface area contributed by atoms with Crippen LogP contribution in [0.2, 0.25) is 0 Å². The number of aromatic nitrogens is 2. The maximum absolute atomic E-state index is 11.1. The van der Waals surface area contributed by atoms with E-state index in [1.807, 2.05) is 0 Å². The number of sulfonamides is 1. The Kier molecular flexibility index (Phi) is 4.37. The van der Waals surface area contributed by atoms with Gasteiger partial charge in [0.05, 0.1) is 12.1 Å². The van der Waals surface area contributed by atoms with Crippen molar-refractivity contribution in [3.05, 3.63) is 18.2 Å². The zero-order chi connectivity index (χ0) is 10.4. The smallest absolute Gasteiger partial charge is 0.212 e. The molecule has 0 saturated carbocycles. The third kappa shape index (κ3) is 4.08. The van der Waals surface area contributed by atoms with Gasteiger partial charge in [-0.2, -0.15) is 0 Å². The number of rotatable bonds is 6. The first-order valence-corrected chi connectivity index (χ1v) is 6.33. The van der Waals surface area contributed by atoms with Crippen LogP contribution < -0.4 is 4.72 Å². The largest absolute Gasteiger partial charge is 0.348 e. The van der Waals surface area contributed by atoms with Crippen LogP contribution in [0.5, 0.6) is 0 Å². The van der Waals surface area contributed by atoms with E-state index in [0.717, 1.165) is 5.69 Å². The van der Waals surface area contributed by atoms with E-state index in [0.29, 0.717) is 13.0 Å². The number of imidazole rings is 1. The Labute approximate surface area is 87.9 Å². The minimum Gasteiger partial charge on any atom is -0.348 e. The maximum atomic E-state index is 11.1. The molecule has 80 valence electrons. The fourth-order valence-corrected chi connectivity index (χ4v) is 2.31. The second kappa shape index (κ2) is 5.33. The van der Waals surface area contributed by atoms with Crippen LogP contribution in [0.25, 0.3) is 0 Å². The molecule has 1 aromatic rings. The molecule has 0 aliphatic heterocycles. The van der Waals surface area contributed by atoms with Crippen LogP contribution in [0.1, 0.15) is 5.69 Å². The van der Waals surface area contributed by atoms with Crippen molar-refractivity contribution in [2.24, 2.45) is 0 Å². The maximum Gasteiger partial charge on any atom is 0.212 e. The summed E-state index contributed by atoms with van der Waals surface area (Å²) in [6, 6.07) is 0. The Hall–Kier alpha value is -0.590. The summed E-state index contributed by atoms with van der Waals surface area (Å²) in [6.45, 7) is 0.363. The van der Waals surface area contributed by atoms with Crippen molar-refractivity contribution in [1.82, 2.24) is 14.7 Å². The second-order valence-corrected chi connectivity index (χ2v) is 5.03. The highest BCUT2D eigenvalue weighted by Gasteiger charge is 2.07. The lowest BCUT2D eigenvalue weighted by Gasteiger charge is -2.03. The molecule has 1 rings (SSSR count). The van der Waals surface area contributed by atoms with Gasteiger partial charge in [0, 0.05) is 30.7 Å². The highest BCUT2D eigenvalue weighted by atomic mass is 35.5. The molecule has 1 heterocycles. The molecule has 0 aliphatic rings. The van der Waals surface area contributed by atoms with Gasteiger partial charge in [0.1, 0.15) is 0 Å². The molecule has 0 radical (unpaired) electrons. The van der Waals surface area contributed by atoms with Crippen molar-refractivity contribution < 1.29 is 8.42 Å². The summed E-state index contributed by atoms with van der Waals surface area (Å²) in [7, 11) is -3.20. The molecular weight excluding hydrogens is 226 g/mol. The SMILES string of the molecule is O=S(=O)(CCCl)NCCc1cnc[nH]1. The van der Waals surface area contributed by atoms with Crippen LogP contribution in [-0.2, 0) is 16.4 Å². The van der Waals surface area contributed by atoms with E-state index in [4.69, 9.17) is 11.6 Å². The van der Waals surface area contributed by atoms with Gasteiger partial charge in [-0.25, -0.2) is 18.1 Å². The molecule has 2 N–H and O–H groups in total. The van der Waals surface area contributed by atoms with Gasteiger partial charge >= 0.3 is 0 Å². The highest BCUT2D eigenvalue weighted by Crippen LogP contribution is 1.92. The third-order valence-corrected chi connectivity index (χ3v) is 3.42. The van der Waals surface area contributed by atoms with Crippen molar-refractivity contribution in [1.29, 1.82) is 0 Å². The lowest BCUT2D eigenvalue weighted by atomic mass is 10.3. The van der Waals surface area contributed by atoms with Crippen LogP contribution in [-0.4, -0.2) is 36.6 Å². The van der Waals surface area contributed by atoms with Crippen molar-refractivity contribution in [3.63, 3.8) is 0 Å². The van der Waals surface area contributed by atoms with E-state index in [1.165, 1.54) is 0 Å². The molecule has 0 atom stereocenters. The fourth-order valence-electron chi connectivity index (χ4n) is 0.936. The molecule has 7 heteroatoms. The van der Waals surface area contributed by atoms with Crippen molar-refractivity contribution >= 4 is 21.6 Å². The quantitative estimate of drug-likeness (QED) is 0.690. The van der Waals surface area contributed by atoms with E-state index in [2.05, 4.69) is 14.7 Å². The second-order valence-electron chi connectivity index (χ2n) is 2.73. The summed E-state index contributed by atoms with van der Waals surface area (Å²) < 4.78 is 24.7. The van der Waals surface area contributed by atoms with Gasteiger partial charge in [0.25, 0.3) is 0 Å². The number of hydrogen-bond acceptors (Lipinski definition) is 3. The zero-order valence-corrected chi connectivity index (χ0v) is 9.11. The standard InChI is InChI=1S/C7H12ClN3O2S/c8-2-4-14(12,13)11-3-1-7-5-9-6-10-7/h5-6,11H,1-4H2,(H,9,10). The molecule has 0 aromatic carbocycles. The number of alkyl halides is 1. The van der Waals surface area contributed by atoms with Crippen molar-refractivity contribution in [2.45, 2.75) is 6.42 Å². The highest BCUT2D eigenvalue weighted by molar-refractivity contribution is 7.89. The van der Waals surface area contributed by atoms with Gasteiger partial charge in [-0.05, 0) is 0 Å². The van der Waals surface area contributed by atoms with Crippen LogP contribution in [0.3, 0.4) is 0 Å². The zero-order valence-electron chi connectivity index (χ0n) is 7.53. The van der Waals surface area contributed by atoms with E-state index in [9.17, 15) is 8.42 Å². The lowest BCUT2D eigenvalue weighted by Crippen LogP contribution is -2.29. The van der Waals surface area contributed by atoms with Crippen LogP contribution in [0.4, 0.5) is 0 Å². The normalized spacial score (nSPS) is 11.8. The third-order valence-electron chi connectivity index (χ3n) is 1.62. The van der Waals surface area contributed by atoms with Crippen LogP contribution >= 0.6 is 11.6 Å². The Bertz CT molecular complexity index is 349. The monoisotopic (exact) mass is 237 g/mol. The Morgan fingerprint density at radius 2 is 2.36 bits per heavy atom. The molecule has 0 aliphatic carbocycles. The number of nitrogens with one attached hydrogen (secondary N) is 2. The minimum absolute atomic E-state index is 0.0441. The van der Waals surface area contributed by atoms with Gasteiger partial charge in [-0.3, -0.25) is 0 Å². The van der Waals surface area contributed by atoms with Crippen molar-refractivity contribution in [2.75, 3.05) is 18.2 Å². The summed E-state index contributed by atoms with van der Waals surface area (Å²) in [5.74, 6) is 0.0664. The predicted molar refractivity (Wildman–Crippen MR) is 54.8 cm³/mol. The predicted octanol–water partition coefficient (Wildman–Crippen LogP) is 0.110. The summed E-state index contributed by atoms with van der Waals surface area (Å²) in [4.78, 5) is 6.70. The van der Waals surface area contributed by atoms with E-state index >= 15 is 0 Å². The first-order chi connectivity index (χ1) is 6.64. The number of H-pyrrole nitrogens is 1. The Morgan fingerprint density at radius 3 is 2.93 bits per heavy atom. The molecule has 1 aromatic heterocycles. The number of hydrogen-bond donors (Lipinski definition) is 2. The number of halogens is 1. The Morgan fingerprint density at radius 1 is 1.57 bits per heavy atom. The van der Waals surface area contributed by atoms with E-state index in [1.54, 1.807) is 12.5 Å². The van der Waals surface area contributed by atoms with Gasteiger partial charge in [0.15, 0.2) is 0 Å². The molecule has 0 saturated heterocycles. The molecule has 0 spiro atoms. The molecule has 0 amide bonds. The van der Waals surface area contributed by atoms with E-state index in [-0.39, 0.29) is 11.6 Å². The molecule has 0 bridgehead atoms. The van der Waals surface area contributed by atoms with Gasteiger partial charge in [-0.15, -0.1) is 11.6 Å². The summed E-state index contributed by atoms with van der Waals surface area (Å²) in [5.41, 5.74) is 0.901. The molecule has 5 nitrogen and oxygen atoms in total. The lowest BCUT2D eigenvalue weighted by molar-refractivity contribution is 0.583. The first kappa shape index (κ1) is 11.5. The number of nitrogens with zero attached hydrogens (tertiary/aromatic N) is 1. The van der Waals surface area contributed by atoms with Crippen LogP contribution in [0, 0.1) is 0 Å². The average molecular weight is 238 g/mol. The van der Waals surface area contributed by atoms with Gasteiger partial charge in [-0.1, -0.05) is 0 Å². The molecule has 14 heavy (non-hydrogen) atoms. The van der Waals surface area contributed by atoms with Crippen LogP contribution in [0.15, 0.2) is 12.5 Å². The topological polar surface area (TPSA) is 74.8 Å². The minimum atomic E-state index is -3.20. The molecule has 0 unspecified atom stereocenters. The fraction of sp³-hybridized carbons (Fsp3) is 0.571. The number of aromatic amines is 1. The first-order valence-electron chi connectivity index (χ1n) is 4.14.